The van der Waals surface area contributed by atoms with Crippen molar-refractivity contribution in [1.29, 1.82) is 0 Å². The van der Waals surface area contributed by atoms with E-state index in [9.17, 15) is 0 Å². The van der Waals surface area contributed by atoms with Crippen LogP contribution in [0.4, 0.5) is 17.1 Å². The zero-order valence-electron chi connectivity index (χ0n) is 32.3. The number of hydrogen-bond donors (Lipinski definition) is 0. The summed E-state index contributed by atoms with van der Waals surface area (Å²) in [7, 11) is -2.88. The zero-order chi connectivity index (χ0) is 36.9. The summed E-state index contributed by atoms with van der Waals surface area (Å²) in [5.41, 5.74) is 12.5. The summed E-state index contributed by atoms with van der Waals surface area (Å²) in [6.07, 6.45) is 0. The van der Waals surface area contributed by atoms with Crippen LogP contribution in [0.5, 0.6) is 0 Å². The first-order chi connectivity index (χ1) is 25.3. The predicted octanol–water partition coefficient (Wildman–Crippen LogP) is 12.8. The van der Waals surface area contributed by atoms with Gasteiger partial charge in [0.2, 0.25) is 0 Å². The van der Waals surface area contributed by atoms with E-state index in [4.69, 9.17) is 0 Å². The summed E-state index contributed by atoms with van der Waals surface area (Å²) < 4.78 is 2.49. The molecule has 0 saturated carbocycles. The van der Waals surface area contributed by atoms with Gasteiger partial charge in [-0.25, -0.2) is 0 Å². The molecule has 4 heteroatoms. The fourth-order valence-electron chi connectivity index (χ4n) is 8.73. The lowest BCUT2D eigenvalue weighted by Crippen LogP contribution is -2.37. The molecule has 0 N–H and O–H groups in total. The van der Waals surface area contributed by atoms with Gasteiger partial charge in [0, 0.05) is 38.6 Å². The van der Waals surface area contributed by atoms with E-state index >= 15 is 0 Å². The lowest BCUT2D eigenvalue weighted by molar-refractivity contribution is 0.660. The lowest BCUT2D eigenvalue weighted by Gasteiger charge is -2.29. The minimum Gasteiger partial charge on any atom is -0.310 e. The standard InChI is InChI=1S/C49H48N2Si2/c1-49(2)43-31-35(50(33-21-26-36(27-22-33)52(3,4)5)34-23-28-37(29-24-34)53(6,7)8)25-30-42(43)48-41-18-10-9-17-40(41)47(32-44(48)49)51-45-19-13-11-15-38(45)39-16-12-14-20-46(39)51/h9-32H,1-8H3. The van der Waals surface area contributed by atoms with Gasteiger partial charge in [0.1, 0.15) is 0 Å². The first-order valence-corrected chi connectivity index (χ1v) is 26.0. The van der Waals surface area contributed by atoms with Gasteiger partial charge < -0.3 is 9.47 Å². The first-order valence-electron chi connectivity index (χ1n) is 19.0. The van der Waals surface area contributed by atoms with Crippen LogP contribution in [0.15, 0.2) is 146 Å². The highest BCUT2D eigenvalue weighted by atomic mass is 28.3. The highest BCUT2D eigenvalue weighted by Gasteiger charge is 2.38. The van der Waals surface area contributed by atoms with E-state index in [0.717, 1.165) is 0 Å². The van der Waals surface area contributed by atoms with Crippen LogP contribution in [-0.2, 0) is 5.41 Å². The van der Waals surface area contributed by atoms with Gasteiger partial charge in [-0.1, -0.05) is 154 Å². The van der Waals surface area contributed by atoms with Crippen LogP contribution in [0, 0.1) is 0 Å². The number of fused-ring (bicyclic) bond motifs is 8. The molecule has 0 spiro atoms. The SMILES string of the molecule is CC1(C)c2cc(N(c3ccc([Si](C)(C)C)cc3)c3ccc([Si](C)(C)C)cc3)ccc2-c2c1cc(-n1c3ccccc3c3ccccc31)c1ccccc21. The van der Waals surface area contributed by atoms with Gasteiger partial charge in [-0.15, -0.1) is 0 Å². The molecule has 0 aliphatic heterocycles. The van der Waals surface area contributed by atoms with Crippen molar-refractivity contribution in [3.8, 4) is 16.8 Å². The van der Waals surface area contributed by atoms with Crippen molar-refractivity contribution in [2.45, 2.75) is 58.5 Å². The Morgan fingerprint density at radius 2 is 0.906 bits per heavy atom. The maximum atomic E-state index is 2.50. The maximum absolute atomic E-state index is 2.50. The molecule has 0 bridgehead atoms. The second-order valence-electron chi connectivity index (χ2n) is 17.5. The van der Waals surface area contributed by atoms with Crippen LogP contribution in [-0.4, -0.2) is 20.7 Å². The molecule has 0 atom stereocenters. The van der Waals surface area contributed by atoms with Crippen molar-refractivity contribution < 1.29 is 0 Å². The number of rotatable bonds is 6. The Kier molecular flexibility index (Phi) is 7.57. The number of aromatic nitrogens is 1. The van der Waals surface area contributed by atoms with Crippen LogP contribution in [0.25, 0.3) is 49.4 Å². The average molecular weight is 721 g/mol. The third-order valence-electron chi connectivity index (χ3n) is 11.7. The summed E-state index contributed by atoms with van der Waals surface area (Å²) in [5.74, 6) is 0. The number of para-hydroxylation sites is 2. The van der Waals surface area contributed by atoms with E-state index < -0.39 is 16.1 Å². The molecule has 53 heavy (non-hydrogen) atoms. The molecule has 0 unspecified atom stereocenters. The van der Waals surface area contributed by atoms with Gasteiger partial charge in [0.15, 0.2) is 0 Å². The Balaban J connectivity index is 1.24. The first kappa shape index (κ1) is 33.7. The van der Waals surface area contributed by atoms with Gasteiger partial charge in [0.25, 0.3) is 0 Å². The highest BCUT2D eigenvalue weighted by molar-refractivity contribution is 6.89. The van der Waals surface area contributed by atoms with Crippen LogP contribution < -0.4 is 15.3 Å². The quantitative estimate of drug-likeness (QED) is 0.155. The Bertz CT molecular complexity index is 2590. The van der Waals surface area contributed by atoms with Crippen molar-refractivity contribution in [3.05, 3.63) is 157 Å². The van der Waals surface area contributed by atoms with Crippen molar-refractivity contribution >= 4 is 76.2 Å². The van der Waals surface area contributed by atoms with E-state index in [1.165, 1.54) is 88.0 Å². The van der Waals surface area contributed by atoms with E-state index in [1.54, 1.807) is 0 Å². The molecule has 1 aliphatic carbocycles. The van der Waals surface area contributed by atoms with Crippen LogP contribution in [0.3, 0.4) is 0 Å². The summed E-state index contributed by atoms with van der Waals surface area (Å²) in [4.78, 5) is 2.46. The Morgan fingerprint density at radius 1 is 0.453 bits per heavy atom. The lowest BCUT2D eigenvalue weighted by atomic mass is 9.81. The van der Waals surface area contributed by atoms with Crippen LogP contribution in [0.2, 0.25) is 39.3 Å². The van der Waals surface area contributed by atoms with Gasteiger partial charge >= 0.3 is 0 Å². The highest BCUT2D eigenvalue weighted by Crippen LogP contribution is 2.54. The normalized spacial score (nSPS) is 13.8. The second-order valence-corrected chi connectivity index (χ2v) is 27.7. The Morgan fingerprint density at radius 3 is 1.42 bits per heavy atom. The van der Waals surface area contributed by atoms with Gasteiger partial charge in [0.05, 0.1) is 32.9 Å². The monoisotopic (exact) mass is 720 g/mol. The summed E-state index contributed by atoms with van der Waals surface area (Å²) in [5, 5.41) is 8.11. The molecule has 262 valence electrons. The third-order valence-corrected chi connectivity index (χ3v) is 15.8. The smallest absolute Gasteiger partial charge is 0.0775 e. The van der Waals surface area contributed by atoms with Crippen molar-refractivity contribution in [1.82, 2.24) is 4.57 Å². The second kappa shape index (κ2) is 11.9. The van der Waals surface area contributed by atoms with Gasteiger partial charge in [-0.3, -0.25) is 0 Å². The number of hydrogen-bond acceptors (Lipinski definition) is 1. The Labute approximate surface area is 316 Å². The van der Waals surface area contributed by atoms with E-state index in [0.29, 0.717) is 0 Å². The summed E-state index contributed by atoms with van der Waals surface area (Å²) >= 11 is 0. The summed E-state index contributed by atoms with van der Waals surface area (Å²) in [6.45, 7) is 19.4. The summed E-state index contributed by atoms with van der Waals surface area (Å²) in [6, 6.07) is 55.2. The minimum atomic E-state index is -1.44. The minimum absolute atomic E-state index is 0.215. The molecule has 2 nitrogen and oxygen atoms in total. The molecule has 1 aliphatic rings. The van der Waals surface area contributed by atoms with Gasteiger partial charge in [-0.2, -0.15) is 0 Å². The van der Waals surface area contributed by atoms with Crippen molar-refractivity contribution in [3.63, 3.8) is 0 Å². The molecule has 0 saturated heterocycles. The fraction of sp³-hybridized carbons (Fsp3) is 0.184. The molecule has 9 rings (SSSR count). The van der Waals surface area contributed by atoms with Crippen molar-refractivity contribution in [2.75, 3.05) is 4.90 Å². The topological polar surface area (TPSA) is 8.17 Å². The van der Waals surface area contributed by atoms with E-state index in [-0.39, 0.29) is 5.41 Å². The molecule has 0 amide bonds. The molecule has 7 aromatic carbocycles. The number of benzene rings is 7. The number of anilines is 3. The van der Waals surface area contributed by atoms with Crippen LogP contribution >= 0.6 is 0 Å². The molecular weight excluding hydrogens is 673 g/mol. The Hall–Kier alpha value is -5.17. The van der Waals surface area contributed by atoms with E-state index in [2.05, 4.69) is 208 Å². The third kappa shape index (κ3) is 5.34. The van der Waals surface area contributed by atoms with Gasteiger partial charge in [-0.05, 0) is 82.2 Å². The zero-order valence-corrected chi connectivity index (χ0v) is 34.3. The molecule has 1 aromatic heterocycles. The van der Waals surface area contributed by atoms with Crippen molar-refractivity contribution in [2.24, 2.45) is 0 Å². The van der Waals surface area contributed by atoms with E-state index in [1.807, 2.05) is 0 Å². The largest absolute Gasteiger partial charge is 0.310 e. The molecule has 8 aromatic rings. The number of nitrogens with zero attached hydrogens (tertiary/aromatic N) is 2. The fourth-order valence-corrected chi connectivity index (χ4v) is 11.1. The molecular formula is C49H48N2Si2. The molecule has 1 heterocycles. The predicted molar refractivity (Wildman–Crippen MR) is 236 cm³/mol. The molecule has 0 fully saturated rings. The molecule has 0 radical (unpaired) electrons. The maximum Gasteiger partial charge on any atom is 0.0775 e. The average Bonchev–Trinajstić information content (AvgIpc) is 3.59. The van der Waals surface area contributed by atoms with Crippen LogP contribution in [0.1, 0.15) is 25.0 Å².